The largest absolute Gasteiger partial charge is 0.509 e. The minimum absolute atomic E-state index is 0.0464. The Morgan fingerprint density at radius 3 is 2.84 bits per heavy atom. The molecule has 2 aliphatic heterocycles. The van der Waals surface area contributed by atoms with Crippen LogP contribution in [0, 0.1) is 0 Å². The predicted molar refractivity (Wildman–Crippen MR) is 96.7 cm³/mol. The van der Waals surface area contributed by atoms with Crippen molar-refractivity contribution in [2.24, 2.45) is 0 Å². The summed E-state index contributed by atoms with van der Waals surface area (Å²) in [7, 11) is 0. The molecule has 2 saturated heterocycles. The highest BCUT2D eigenvalue weighted by molar-refractivity contribution is 6.00. The van der Waals surface area contributed by atoms with Crippen LogP contribution in [-0.4, -0.2) is 77.4 Å². The Morgan fingerprint density at radius 2 is 2.12 bits per heavy atom. The van der Waals surface area contributed by atoms with Crippen LogP contribution in [0.25, 0.3) is 5.65 Å². The number of ether oxygens (including phenoxy) is 2. The van der Waals surface area contributed by atoms with E-state index in [1.165, 1.54) is 27.9 Å². The second kappa shape index (κ2) is 8.12. The van der Waals surface area contributed by atoms with Gasteiger partial charge < -0.3 is 19.7 Å². The Hall–Kier alpha value is -3.65. The second-order valence-electron chi connectivity index (χ2n) is 7.10. The molecule has 2 aromatic heterocycles. The van der Waals surface area contributed by atoms with Crippen LogP contribution in [0.15, 0.2) is 18.5 Å². The Morgan fingerprint density at radius 1 is 1.34 bits per heavy atom. The van der Waals surface area contributed by atoms with Gasteiger partial charge in [0.05, 0.1) is 30.4 Å². The highest BCUT2D eigenvalue weighted by Gasteiger charge is 2.51. The summed E-state index contributed by atoms with van der Waals surface area (Å²) in [6.07, 6.45) is -3.73. The molecule has 2 N–H and O–H groups in total. The van der Waals surface area contributed by atoms with Gasteiger partial charge in [-0.3, -0.25) is 10.1 Å². The maximum absolute atomic E-state index is 14.5. The maximum Gasteiger partial charge on any atom is 0.509 e. The summed E-state index contributed by atoms with van der Waals surface area (Å²) >= 11 is 0. The highest BCUT2D eigenvalue weighted by atomic mass is 19.3. The van der Waals surface area contributed by atoms with E-state index in [-0.39, 0.29) is 23.6 Å². The van der Waals surface area contributed by atoms with E-state index < -0.39 is 62.2 Å². The van der Waals surface area contributed by atoms with Crippen LogP contribution in [0.2, 0.25) is 0 Å². The van der Waals surface area contributed by atoms with Gasteiger partial charge in [0.25, 0.3) is 6.43 Å². The number of amides is 3. The minimum Gasteiger partial charge on any atom is -0.428 e. The molecular weight excluding hydrogens is 444 g/mol. The number of nitrogens with zero attached hydrogens (tertiary/aromatic N) is 4. The molecular formula is C17H16F4N6O5. The number of hydrogen-bond donors (Lipinski definition) is 2. The number of aromatic nitrogens is 3. The SMILES string of the molecule is O=C1NCC(c2cc(N3C[C@@H](OC(=O)OCC(F)F)C(F)(F)C3)c3nccn3n2)C(=O)N1. The zero-order valence-electron chi connectivity index (χ0n) is 16.1. The van der Waals surface area contributed by atoms with E-state index in [1.54, 1.807) is 0 Å². The van der Waals surface area contributed by atoms with E-state index in [1.807, 2.05) is 0 Å². The van der Waals surface area contributed by atoms with Crippen LogP contribution < -0.4 is 15.5 Å². The van der Waals surface area contributed by atoms with Crippen molar-refractivity contribution >= 4 is 29.4 Å². The van der Waals surface area contributed by atoms with Gasteiger partial charge in [-0.1, -0.05) is 0 Å². The summed E-state index contributed by atoms with van der Waals surface area (Å²) in [5, 5.41) is 8.83. The molecule has 2 aromatic rings. The number of halogens is 4. The minimum atomic E-state index is -3.52. The van der Waals surface area contributed by atoms with Crippen LogP contribution in [0.3, 0.4) is 0 Å². The number of nitrogens with one attached hydrogen (secondary N) is 2. The summed E-state index contributed by atoms with van der Waals surface area (Å²) in [5.74, 6) is -5.01. The quantitative estimate of drug-likeness (QED) is 0.498. The van der Waals surface area contributed by atoms with E-state index in [0.29, 0.717) is 0 Å². The summed E-state index contributed by atoms with van der Waals surface area (Å²) in [6, 6.07) is 0.727. The number of anilines is 1. The van der Waals surface area contributed by atoms with Gasteiger partial charge in [-0.05, 0) is 6.07 Å². The first kappa shape index (κ1) is 21.6. The van der Waals surface area contributed by atoms with E-state index in [9.17, 15) is 31.9 Å². The lowest BCUT2D eigenvalue weighted by Gasteiger charge is -2.24. The molecule has 0 aromatic carbocycles. The summed E-state index contributed by atoms with van der Waals surface area (Å²) in [5.41, 5.74) is 0.564. The Bertz CT molecular complexity index is 1060. The third kappa shape index (κ3) is 4.22. The molecule has 3 amide bonds. The number of rotatable bonds is 5. The lowest BCUT2D eigenvalue weighted by molar-refractivity contribution is -0.122. The van der Waals surface area contributed by atoms with Crippen molar-refractivity contribution in [2.75, 3.05) is 31.1 Å². The third-order valence-electron chi connectivity index (χ3n) is 4.90. The Labute approximate surface area is 176 Å². The molecule has 2 aliphatic rings. The number of fused-ring (bicyclic) bond motifs is 1. The molecule has 1 unspecified atom stereocenters. The van der Waals surface area contributed by atoms with E-state index in [2.05, 4.69) is 30.2 Å². The Kier molecular flexibility index (Phi) is 5.48. The average Bonchev–Trinajstić information content (AvgIpc) is 3.29. The van der Waals surface area contributed by atoms with Gasteiger partial charge >= 0.3 is 18.1 Å². The van der Waals surface area contributed by atoms with E-state index in [0.717, 1.165) is 0 Å². The molecule has 32 heavy (non-hydrogen) atoms. The lowest BCUT2D eigenvalue weighted by atomic mass is 10.0. The molecule has 172 valence electrons. The standard InChI is InChI=1S/C17H16F4N6O5/c18-12(19)6-31-16(30)32-11-5-26(7-17(11,20)21)10-3-9(25-27-2-1-22-13(10)27)8-4-23-15(29)24-14(8)28/h1-3,8,11-12H,4-7H2,(H2,23,24,28,29)/t8?,11-/m1/s1. The first-order valence-electron chi connectivity index (χ1n) is 9.31. The second-order valence-corrected chi connectivity index (χ2v) is 7.10. The van der Waals surface area contributed by atoms with Crippen molar-refractivity contribution in [1.29, 1.82) is 0 Å². The maximum atomic E-state index is 14.5. The zero-order valence-corrected chi connectivity index (χ0v) is 16.1. The molecule has 2 fully saturated rings. The number of carbonyl (C=O) groups is 3. The Balaban J connectivity index is 1.59. The van der Waals surface area contributed by atoms with Crippen molar-refractivity contribution in [3.05, 3.63) is 24.2 Å². The van der Waals surface area contributed by atoms with Crippen molar-refractivity contribution in [2.45, 2.75) is 24.4 Å². The molecule has 11 nitrogen and oxygen atoms in total. The van der Waals surface area contributed by atoms with Gasteiger partial charge in [0, 0.05) is 18.9 Å². The fraction of sp³-hybridized carbons (Fsp3) is 0.471. The normalized spacial score (nSPS) is 22.7. The summed E-state index contributed by atoms with van der Waals surface area (Å²) in [6.45, 7) is -2.69. The van der Waals surface area contributed by atoms with Gasteiger partial charge in [-0.25, -0.2) is 36.7 Å². The molecule has 0 spiro atoms. The van der Waals surface area contributed by atoms with Crippen LogP contribution in [0.4, 0.5) is 32.8 Å². The van der Waals surface area contributed by atoms with Crippen LogP contribution in [0.1, 0.15) is 11.6 Å². The first-order chi connectivity index (χ1) is 15.1. The fourth-order valence-electron chi connectivity index (χ4n) is 3.43. The fourth-order valence-corrected chi connectivity index (χ4v) is 3.43. The van der Waals surface area contributed by atoms with Gasteiger partial charge in [-0.2, -0.15) is 5.10 Å². The third-order valence-corrected chi connectivity index (χ3v) is 4.90. The van der Waals surface area contributed by atoms with Gasteiger partial charge in [0.15, 0.2) is 18.4 Å². The van der Waals surface area contributed by atoms with Crippen molar-refractivity contribution in [3.63, 3.8) is 0 Å². The molecule has 2 atom stereocenters. The number of imidazole rings is 1. The first-order valence-corrected chi connectivity index (χ1v) is 9.31. The van der Waals surface area contributed by atoms with Crippen LogP contribution in [0.5, 0.6) is 0 Å². The van der Waals surface area contributed by atoms with E-state index >= 15 is 0 Å². The predicted octanol–water partition coefficient (Wildman–Crippen LogP) is 0.894. The smallest absolute Gasteiger partial charge is 0.428 e. The van der Waals surface area contributed by atoms with Crippen molar-refractivity contribution < 1.29 is 41.4 Å². The van der Waals surface area contributed by atoms with Crippen LogP contribution >= 0.6 is 0 Å². The highest BCUT2D eigenvalue weighted by Crippen LogP contribution is 2.36. The molecule has 0 aliphatic carbocycles. The van der Waals surface area contributed by atoms with Crippen molar-refractivity contribution in [3.8, 4) is 0 Å². The summed E-state index contributed by atoms with van der Waals surface area (Å²) in [4.78, 5) is 40.3. The van der Waals surface area contributed by atoms with E-state index in [4.69, 9.17) is 0 Å². The summed E-state index contributed by atoms with van der Waals surface area (Å²) < 4.78 is 63.3. The molecule has 0 bridgehead atoms. The molecule has 4 heterocycles. The molecule has 0 saturated carbocycles. The number of urea groups is 1. The zero-order chi connectivity index (χ0) is 23.0. The molecule has 4 rings (SSSR count). The molecule has 15 heteroatoms. The number of carbonyl (C=O) groups excluding carboxylic acids is 3. The lowest BCUT2D eigenvalue weighted by Crippen LogP contribution is -2.51. The van der Waals surface area contributed by atoms with Gasteiger partial charge in [-0.15, -0.1) is 0 Å². The number of imide groups is 1. The van der Waals surface area contributed by atoms with Gasteiger partial charge in [0.2, 0.25) is 5.91 Å². The topological polar surface area (TPSA) is 127 Å². The molecule has 0 radical (unpaired) electrons. The number of hydrogen-bond acceptors (Lipinski definition) is 8. The van der Waals surface area contributed by atoms with Crippen molar-refractivity contribution in [1.82, 2.24) is 25.2 Å². The van der Waals surface area contributed by atoms with Gasteiger partial charge in [0.1, 0.15) is 0 Å². The van der Waals surface area contributed by atoms with Crippen LogP contribution in [-0.2, 0) is 14.3 Å². The number of alkyl halides is 4. The average molecular weight is 460 g/mol. The monoisotopic (exact) mass is 460 g/mol.